The highest BCUT2D eigenvalue weighted by Crippen LogP contribution is 2.18. The molecule has 0 saturated heterocycles. The summed E-state index contributed by atoms with van der Waals surface area (Å²) in [5, 5.41) is 0. The smallest absolute Gasteiger partial charge is 0.233 e. The van der Waals surface area contributed by atoms with Crippen molar-refractivity contribution in [1.82, 2.24) is 4.98 Å². The van der Waals surface area contributed by atoms with Crippen molar-refractivity contribution < 1.29 is 8.42 Å². The van der Waals surface area contributed by atoms with Crippen molar-refractivity contribution in [2.45, 2.75) is 0 Å². The number of nitrogen functional groups attached to an aromatic ring is 2. The van der Waals surface area contributed by atoms with Gasteiger partial charge in [-0.15, -0.1) is 0 Å². The second-order valence-electron chi connectivity index (χ2n) is 2.91. The van der Waals surface area contributed by atoms with Crippen LogP contribution in [0.1, 0.15) is 0 Å². The van der Waals surface area contributed by atoms with Gasteiger partial charge in [-0.1, -0.05) is 0 Å². The molecule has 0 unspecified atom stereocenters. The van der Waals surface area contributed by atoms with Gasteiger partial charge in [0, 0.05) is 24.9 Å². The predicted molar refractivity (Wildman–Crippen MR) is 56.3 cm³/mol. The van der Waals surface area contributed by atoms with Crippen molar-refractivity contribution in [3.63, 3.8) is 0 Å². The summed E-state index contributed by atoms with van der Waals surface area (Å²) in [6, 6.07) is 2.90. The Hall–Kier alpha value is -1.50. The van der Waals surface area contributed by atoms with Crippen molar-refractivity contribution >= 4 is 27.3 Å². The molecule has 4 N–H and O–H groups in total. The van der Waals surface area contributed by atoms with Crippen LogP contribution in [0.5, 0.6) is 0 Å². The van der Waals surface area contributed by atoms with Gasteiger partial charge in [-0.25, -0.2) is 13.4 Å². The quantitative estimate of drug-likeness (QED) is 0.703. The molecule has 1 rings (SSSR count). The number of rotatable bonds is 2. The zero-order valence-corrected chi connectivity index (χ0v) is 8.75. The summed E-state index contributed by atoms with van der Waals surface area (Å²) < 4.78 is 23.3. The van der Waals surface area contributed by atoms with E-state index in [1.165, 1.54) is 19.2 Å². The molecule has 0 fully saturated rings. The fraction of sp³-hybridized carbons (Fsp3) is 0.286. The number of nitrogens with zero attached hydrogens (tertiary/aromatic N) is 2. The largest absolute Gasteiger partial charge is 0.399 e. The number of aromatic nitrogens is 1. The summed E-state index contributed by atoms with van der Waals surface area (Å²) in [7, 11) is -1.94. The van der Waals surface area contributed by atoms with E-state index >= 15 is 0 Å². The van der Waals surface area contributed by atoms with Gasteiger partial charge >= 0.3 is 0 Å². The summed E-state index contributed by atoms with van der Waals surface area (Å²) in [4.78, 5) is 3.84. The van der Waals surface area contributed by atoms with Gasteiger partial charge in [0.05, 0.1) is 6.26 Å². The van der Waals surface area contributed by atoms with Crippen LogP contribution in [0.3, 0.4) is 0 Å². The predicted octanol–water partition coefficient (Wildman–Crippen LogP) is -0.358. The second-order valence-corrected chi connectivity index (χ2v) is 4.93. The number of sulfonamides is 1. The maximum atomic E-state index is 11.2. The Morgan fingerprint density at radius 2 is 1.93 bits per heavy atom. The number of hydrogen-bond acceptors (Lipinski definition) is 5. The summed E-state index contributed by atoms with van der Waals surface area (Å²) in [6.07, 6.45) is 1.08. The Bertz CT molecular complexity index is 423. The van der Waals surface area contributed by atoms with Gasteiger partial charge in [0.1, 0.15) is 11.6 Å². The maximum absolute atomic E-state index is 11.2. The minimum atomic E-state index is -3.33. The fourth-order valence-corrected chi connectivity index (χ4v) is 1.32. The third-order valence-electron chi connectivity index (χ3n) is 1.67. The van der Waals surface area contributed by atoms with E-state index in [9.17, 15) is 8.42 Å². The van der Waals surface area contributed by atoms with E-state index in [4.69, 9.17) is 11.5 Å². The van der Waals surface area contributed by atoms with E-state index in [0.29, 0.717) is 5.69 Å². The maximum Gasteiger partial charge on any atom is 0.233 e. The van der Waals surface area contributed by atoms with Crippen LogP contribution in [-0.2, 0) is 10.0 Å². The van der Waals surface area contributed by atoms with Crippen LogP contribution in [0.4, 0.5) is 17.3 Å². The number of hydrogen-bond donors (Lipinski definition) is 2. The molecule has 0 atom stereocenters. The topological polar surface area (TPSA) is 102 Å². The van der Waals surface area contributed by atoms with Crippen LogP contribution in [0.2, 0.25) is 0 Å². The Morgan fingerprint density at radius 3 is 2.36 bits per heavy atom. The van der Waals surface area contributed by atoms with Gasteiger partial charge in [-0.3, -0.25) is 4.31 Å². The third-order valence-corrected chi connectivity index (χ3v) is 2.86. The fourth-order valence-electron chi connectivity index (χ4n) is 0.890. The van der Waals surface area contributed by atoms with Crippen molar-refractivity contribution in [3.05, 3.63) is 12.1 Å². The van der Waals surface area contributed by atoms with Crippen LogP contribution >= 0.6 is 0 Å². The van der Waals surface area contributed by atoms with E-state index in [1.54, 1.807) is 0 Å². The van der Waals surface area contributed by atoms with E-state index in [-0.39, 0.29) is 11.6 Å². The average Bonchev–Trinajstić information content (AvgIpc) is 1.99. The van der Waals surface area contributed by atoms with Crippen molar-refractivity contribution in [1.29, 1.82) is 0 Å². The lowest BCUT2D eigenvalue weighted by Crippen LogP contribution is -2.26. The summed E-state index contributed by atoms with van der Waals surface area (Å²) in [5.74, 6) is 0.403. The zero-order valence-electron chi connectivity index (χ0n) is 7.93. The Kier molecular flexibility index (Phi) is 2.52. The molecular formula is C7H12N4O2S. The Balaban J connectivity index is 3.20. The molecule has 78 valence electrons. The molecule has 14 heavy (non-hydrogen) atoms. The first-order valence-electron chi connectivity index (χ1n) is 3.77. The summed E-state index contributed by atoms with van der Waals surface area (Å²) >= 11 is 0. The molecule has 1 aromatic heterocycles. The molecule has 1 heterocycles. The highest BCUT2D eigenvalue weighted by molar-refractivity contribution is 7.92. The SMILES string of the molecule is CN(c1cc(N)cc(N)n1)S(C)(=O)=O. The van der Waals surface area contributed by atoms with Gasteiger partial charge in [0.15, 0.2) is 0 Å². The Labute approximate surface area is 82.6 Å². The second kappa shape index (κ2) is 3.33. The van der Waals surface area contributed by atoms with E-state index < -0.39 is 10.0 Å². The third kappa shape index (κ3) is 2.25. The number of nitrogens with two attached hydrogens (primary N) is 2. The molecule has 0 aromatic carbocycles. The molecule has 0 saturated carbocycles. The van der Waals surface area contributed by atoms with Crippen molar-refractivity contribution in [3.8, 4) is 0 Å². The van der Waals surface area contributed by atoms with E-state index in [0.717, 1.165) is 10.6 Å². The average molecular weight is 216 g/mol. The molecule has 0 bridgehead atoms. The molecule has 7 heteroatoms. The zero-order chi connectivity index (χ0) is 10.9. The van der Waals surface area contributed by atoms with Crippen molar-refractivity contribution in [2.24, 2.45) is 0 Å². The van der Waals surface area contributed by atoms with Gasteiger partial charge in [-0.2, -0.15) is 0 Å². The van der Waals surface area contributed by atoms with E-state index in [2.05, 4.69) is 4.98 Å². The highest BCUT2D eigenvalue weighted by Gasteiger charge is 2.13. The minimum Gasteiger partial charge on any atom is -0.399 e. The first-order valence-corrected chi connectivity index (χ1v) is 5.62. The van der Waals surface area contributed by atoms with Crippen LogP contribution in [0, 0.1) is 0 Å². The molecule has 0 spiro atoms. The lowest BCUT2D eigenvalue weighted by atomic mass is 10.4. The Morgan fingerprint density at radius 1 is 1.36 bits per heavy atom. The molecule has 0 aliphatic carbocycles. The normalized spacial score (nSPS) is 11.3. The monoisotopic (exact) mass is 216 g/mol. The summed E-state index contributed by atoms with van der Waals surface area (Å²) in [6.45, 7) is 0. The van der Waals surface area contributed by atoms with Crippen molar-refractivity contribution in [2.75, 3.05) is 29.1 Å². The van der Waals surface area contributed by atoms with Gasteiger partial charge in [0.2, 0.25) is 10.0 Å². The van der Waals surface area contributed by atoms with Crippen LogP contribution < -0.4 is 15.8 Å². The van der Waals surface area contributed by atoms with Crippen LogP contribution in [0.15, 0.2) is 12.1 Å². The molecule has 0 amide bonds. The standard InChI is InChI=1S/C7H12N4O2S/c1-11(14(2,12)13)7-4-5(8)3-6(9)10-7/h3-4H,1-2H3,(H4,8,9,10). The van der Waals surface area contributed by atoms with Crippen LogP contribution in [0.25, 0.3) is 0 Å². The minimum absolute atomic E-state index is 0.190. The van der Waals surface area contributed by atoms with Crippen LogP contribution in [-0.4, -0.2) is 26.7 Å². The molecule has 0 aliphatic heterocycles. The van der Waals surface area contributed by atoms with Gasteiger partial charge < -0.3 is 11.5 Å². The van der Waals surface area contributed by atoms with Gasteiger partial charge in [0.25, 0.3) is 0 Å². The van der Waals surface area contributed by atoms with E-state index in [1.807, 2.05) is 0 Å². The number of anilines is 3. The first kappa shape index (κ1) is 10.6. The highest BCUT2D eigenvalue weighted by atomic mass is 32.2. The molecule has 0 radical (unpaired) electrons. The first-order chi connectivity index (χ1) is 6.30. The lowest BCUT2D eigenvalue weighted by molar-refractivity contribution is 0.600. The molecule has 0 aliphatic rings. The van der Waals surface area contributed by atoms with Gasteiger partial charge in [-0.05, 0) is 0 Å². The number of pyridine rings is 1. The molecule has 6 nitrogen and oxygen atoms in total. The summed E-state index contributed by atoms with van der Waals surface area (Å²) in [5.41, 5.74) is 11.3. The lowest BCUT2D eigenvalue weighted by Gasteiger charge is -2.15. The molecular weight excluding hydrogens is 204 g/mol. The molecule has 1 aromatic rings.